The van der Waals surface area contributed by atoms with Crippen LogP contribution in [-0.4, -0.2) is 47.8 Å². The molecule has 2 rings (SSSR count). The van der Waals surface area contributed by atoms with Crippen LogP contribution in [0.2, 0.25) is 0 Å². The second-order valence-corrected chi connectivity index (χ2v) is 5.46. The molecule has 0 bridgehead atoms. The molecule has 16 heavy (non-hydrogen) atoms. The average molecular weight is 226 g/mol. The van der Waals surface area contributed by atoms with Crippen molar-refractivity contribution in [1.29, 1.82) is 0 Å². The van der Waals surface area contributed by atoms with Gasteiger partial charge >= 0.3 is 0 Å². The van der Waals surface area contributed by atoms with Gasteiger partial charge in [0.1, 0.15) is 0 Å². The minimum atomic E-state index is -0.103. The van der Waals surface area contributed by atoms with Crippen LogP contribution in [0.15, 0.2) is 0 Å². The standard InChI is InChI=1S/C13H26N2O/c1-11(15-8-3-2-4-9-15)10-14-12-6-5-7-13(12)16/h11-14,16H,2-10H2,1H3/t11?,12-,13-/m0/s1. The van der Waals surface area contributed by atoms with Crippen molar-refractivity contribution in [3.63, 3.8) is 0 Å². The maximum absolute atomic E-state index is 9.74. The van der Waals surface area contributed by atoms with Crippen LogP contribution in [0.4, 0.5) is 0 Å². The Hall–Kier alpha value is -0.120. The zero-order valence-electron chi connectivity index (χ0n) is 10.5. The van der Waals surface area contributed by atoms with Crippen molar-refractivity contribution in [2.45, 2.75) is 63.6 Å². The molecule has 3 heteroatoms. The lowest BCUT2D eigenvalue weighted by Gasteiger charge is -2.33. The third-order valence-electron chi connectivity index (χ3n) is 4.17. The Morgan fingerprint density at radius 1 is 1.19 bits per heavy atom. The molecule has 1 unspecified atom stereocenters. The van der Waals surface area contributed by atoms with Crippen molar-refractivity contribution in [1.82, 2.24) is 10.2 Å². The quantitative estimate of drug-likeness (QED) is 0.760. The minimum absolute atomic E-state index is 0.103. The number of nitrogens with one attached hydrogen (secondary N) is 1. The second kappa shape index (κ2) is 5.99. The summed E-state index contributed by atoms with van der Waals surface area (Å²) in [5, 5.41) is 13.3. The van der Waals surface area contributed by atoms with Gasteiger partial charge < -0.3 is 10.4 Å². The summed E-state index contributed by atoms with van der Waals surface area (Å²) in [6.45, 7) is 5.85. The van der Waals surface area contributed by atoms with Gasteiger partial charge in [-0.25, -0.2) is 0 Å². The van der Waals surface area contributed by atoms with Gasteiger partial charge in [-0.05, 0) is 52.1 Å². The molecule has 1 saturated carbocycles. The maximum atomic E-state index is 9.74. The highest BCUT2D eigenvalue weighted by Gasteiger charge is 2.25. The molecule has 2 N–H and O–H groups in total. The van der Waals surface area contributed by atoms with Gasteiger partial charge in [0.2, 0.25) is 0 Å². The van der Waals surface area contributed by atoms with Crippen molar-refractivity contribution < 1.29 is 5.11 Å². The average Bonchev–Trinajstić information content (AvgIpc) is 2.73. The molecule has 1 heterocycles. The fraction of sp³-hybridized carbons (Fsp3) is 1.00. The predicted molar refractivity (Wildman–Crippen MR) is 66.5 cm³/mol. The van der Waals surface area contributed by atoms with Gasteiger partial charge in [-0.2, -0.15) is 0 Å². The second-order valence-electron chi connectivity index (χ2n) is 5.46. The highest BCUT2D eigenvalue weighted by atomic mass is 16.3. The largest absolute Gasteiger partial charge is 0.392 e. The molecular formula is C13H26N2O. The zero-order chi connectivity index (χ0) is 11.4. The summed E-state index contributed by atoms with van der Waals surface area (Å²) < 4.78 is 0. The molecular weight excluding hydrogens is 200 g/mol. The molecule has 0 amide bonds. The Balaban J connectivity index is 1.68. The molecule has 94 valence electrons. The lowest BCUT2D eigenvalue weighted by atomic mass is 10.1. The van der Waals surface area contributed by atoms with Crippen LogP contribution in [0.5, 0.6) is 0 Å². The van der Waals surface area contributed by atoms with Gasteiger partial charge in [-0.3, -0.25) is 4.90 Å². The van der Waals surface area contributed by atoms with E-state index in [9.17, 15) is 5.11 Å². The van der Waals surface area contributed by atoms with Crippen LogP contribution in [0.1, 0.15) is 45.4 Å². The van der Waals surface area contributed by atoms with Gasteiger partial charge in [0.05, 0.1) is 6.10 Å². The number of aliphatic hydroxyl groups excluding tert-OH is 1. The molecule has 2 fully saturated rings. The Bertz CT molecular complexity index is 204. The van der Waals surface area contributed by atoms with E-state index in [1.54, 1.807) is 0 Å². The predicted octanol–water partition coefficient (Wildman–Crippen LogP) is 1.36. The topological polar surface area (TPSA) is 35.5 Å². The monoisotopic (exact) mass is 226 g/mol. The number of hydrogen-bond donors (Lipinski definition) is 2. The number of aliphatic hydroxyl groups is 1. The van der Waals surface area contributed by atoms with Crippen molar-refractivity contribution in [2.75, 3.05) is 19.6 Å². The SMILES string of the molecule is CC(CN[C@H]1CCC[C@@H]1O)N1CCCCC1. The van der Waals surface area contributed by atoms with E-state index < -0.39 is 0 Å². The Morgan fingerprint density at radius 2 is 1.94 bits per heavy atom. The third kappa shape index (κ3) is 3.19. The third-order valence-corrected chi connectivity index (χ3v) is 4.17. The van der Waals surface area contributed by atoms with Gasteiger partial charge in [0, 0.05) is 18.6 Å². The summed E-state index contributed by atoms with van der Waals surface area (Å²) in [6, 6.07) is 0.973. The molecule has 1 aliphatic heterocycles. The van der Waals surface area contributed by atoms with Gasteiger partial charge in [0.25, 0.3) is 0 Å². The van der Waals surface area contributed by atoms with Crippen molar-refractivity contribution in [3.05, 3.63) is 0 Å². The molecule has 2 aliphatic rings. The number of piperidine rings is 1. The Labute approximate surface area is 99.2 Å². The van der Waals surface area contributed by atoms with Crippen LogP contribution in [0.3, 0.4) is 0 Å². The summed E-state index contributed by atoms with van der Waals surface area (Å²) in [7, 11) is 0. The van der Waals surface area contributed by atoms with E-state index in [4.69, 9.17) is 0 Å². The van der Waals surface area contributed by atoms with E-state index in [1.165, 1.54) is 38.8 Å². The van der Waals surface area contributed by atoms with Gasteiger partial charge in [-0.15, -0.1) is 0 Å². The molecule has 1 saturated heterocycles. The number of nitrogens with zero attached hydrogens (tertiary/aromatic N) is 1. The molecule has 3 nitrogen and oxygen atoms in total. The highest BCUT2D eigenvalue weighted by Crippen LogP contribution is 2.19. The fourth-order valence-corrected chi connectivity index (χ4v) is 2.99. The van der Waals surface area contributed by atoms with Crippen molar-refractivity contribution >= 4 is 0 Å². The van der Waals surface area contributed by atoms with Crippen molar-refractivity contribution in [2.24, 2.45) is 0 Å². The summed E-state index contributed by atoms with van der Waals surface area (Å²) in [6.07, 6.45) is 7.32. The zero-order valence-corrected chi connectivity index (χ0v) is 10.5. The Morgan fingerprint density at radius 3 is 2.56 bits per heavy atom. The van der Waals surface area contributed by atoms with E-state index in [1.807, 2.05) is 0 Å². The highest BCUT2D eigenvalue weighted by molar-refractivity contribution is 4.84. The summed E-state index contributed by atoms with van der Waals surface area (Å²) >= 11 is 0. The number of rotatable bonds is 4. The van der Waals surface area contributed by atoms with Gasteiger partial charge in [-0.1, -0.05) is 6.42 Å². The first-order chi connectivity index (χ1) is 7.77. The van der Waals surface area contributed by atoms with E-state index in [2.05, 4.69) is 17.1 Å². The number of likely N-dealkylation sites (tertiary alicyclic amines) is 1. The fourth-order valence-electron chi connectivity index (χ4n) is 2.99. The van der Waals surface area contributed by atoms with E-state index in [-0.39, 0.29) is 6.10 Å². The van der Waals surface area contributed by atoms with E-state index >= 15 is 0 Å². The molecule has 3 atom stereocenters. The maximum Gasteiger partial charge on any atom is 0.0693 e. The van der Waals surface area contributed by atoms with Gasteiger partial charge in [0.15, 0.2) is 0 Å². The van der Waals surface area contributed by atoms with Crippen molar-refractivity contribution in [3.8, 4) is 0 Å². The summed E-state index contributed by atoms with van der Waals surface area (Å²) in [5.74, 6) is 0. The molecule has 1 aliphatic carbocycles. The number of hydrogen-bond acceptors (Lipinski definition) is 3. The molecule has 0 aromatic carbocycles. The van der Waals surface area contributed by atoms with Crippen LogP contribution in [-0.2, 0) is 0 Å². The Kier molecular flexibility index (Phi) is 4.62. The smallest absolute Gasteiger partial charge is 0.0693 e. The van der Waals surface area contributed by atoms with E-state index in [0.29, 0.717) is 12.1 Å². The normalized spacial score (nSPS) is 34.1. The van der Waals surface area contributed by atoms with Crippen LogP contribution < -0.4 is 5.32 Å². The van der Waals surface area contributed by atoms with Crippen LogP contribution in [0, 0.1) is 0 Å². The lowest BCUT2D eigenvalue weighted by molar-refractivity contribution is 0.132. The molecule has 0 radical (unpaired) electrons. The molecule has 0 aromatic rings. The van der Waals surface area contributed by atoms with E-state index in [0.717, 1.165) is 19.4 Å². The first-order valence-corrected chi connectivity index (χ1v) is 6.93. The van der Waals surface area contributed by atoms with Crippen LogP contribution >= 0.6 is 0 Å². The minimum Gasteiger partial charge on any atom is -0.392 e. The first kappa shape index (κ1) is 12.3. The molecule has 0 spiro atoms. The summed E-state index contributed by atoms with van der Waals surface area (Å²) in [5.41, 5.74) is 0. The summed E-state index contributed by atoms with van der Waals surface area (Å²) in [4.78, 5) is 2.58. The lowest BCUT2D eigenvalue weighted by Crippen LogP contribution is -2.47. The van der Waals surface area contributed by atoms with Crippen LogP contribution in [0.25, 0.3) is 0 Å². The molecule has 0 aromatic heterocycles. The first-order valence-electron chi connectivity index (χ1n) is 6.93.